The highest BCUT2D eigenvalue weighted by Gasteiger charge is 2.27. The molecule has 106 valence electrons. The normalized spacial score (nSPS) is 17.4. The van der Waals surface area contributed by atoms with Crippen molar-refractivity contribution in [3.05, 3.63) is 29.8 Å². The van der Waals surface area contributed by atoms with E-state index in [1.54, 1.807) is 0 Å². The van der Waals surface area contributed by atoms with E-state index in [4.69, 9.17) is 4.74 Å². The van der Waals surface area contributed by atoms with Crippen LogP contribution >= 0.6 is 0 Å². The highest BCUT2D eigenvalue weighted by molar-refractivity contribution is 5.28. The van der Waals surface area contributed by atoms with Crippen molar-refractivity contribution in [2.24, 2.45) is 0 Å². The van der Waals surface area contributed by atoms with E-state index < -0.39 is 0 Å². The Labute approximate surface area is 116 Å². The Morgan fingerprint density at radius 3 is 2.37 bits per heavy atom. The van der Waals surface area contributed by atoms with Gasteiger partial charge in [-0.2, -0.15) is 0 Å². The molecule has 0 aromatic heterocycles. The highest BCUT2D eigenvalue weighted by atomic mass is 16.5. The average molecular weight is 262 g/mol. The van der Waals surface area contributed by atoms with Crippen LogP contribution in [0.25, 0.3) is 0 Å². The van der Waals surface area contributed by atoms with Gasteiger partial charge in [-0.15, -0.1) is 0 Å². The van der Waals surface area contributed by atoms with Gasteiger partial charge >= 0.3 is 0 Å². The van der Waals surface area contributed by atoms with Gasteiger partial charge in [-0.05, 0) is 44.9 Å². The minimum Gasteiger partial charge on any atom is -0.494 e. The minimum absolute atomic E-state index is 0.217. The Morgan fingerprint density at radius 2 is 1.79 bits per heavy atom. The summed E-state index contributed by atoms with van der Waals surface area (Å²) in [5.74, 6) is 0.964. The number of benzene rings is 1. The maximum absolute atomic E-state index is 5.49. The first-order valence-electron chi connectivity index (χ1n) is 7.29. The first-order chi connectivity index (χ1) is 9.12. The number of hydrogen-bond donors (Lipinski definition) is 1. The summed E-state index contributed by atoms with van der Waals surface area (Å²) in [5.41, 5.74) is 1.60. The zero-order chi connectivity index (χ0) is 13.7. The van der Waals surface area contributed by atoms with E-state index in [0.29, 0.717) is 0 Å². The maximum atomic E-state index is 5.49. The van der Waals surface area contributed by atoms with E-state index in [0.717, 1.165) is 45.0 Å². The van der Waals surface area contributed by atoms with Crippen LogP contribution in [0.1, 0.15) is 26.3 Å². The van der Waals surface area contributed by atoms with E-state index in [-0.39, 0.29) is 5.54 Å². The quantitative estimate of drug-likeness (QED) is 0.881. The molecule has 0 radical (unpaired) electrons. The summed E-state index contributed by atoms with van der Waals surface area (Å²) in [6.45, 7) is 11.9. The van der Waals surface area contributed by atoms with Crippen molar-refractivity contribution in [2.45, 2.75) is 32.7 Å². The van der Waals surface area contributed by atoms with Gasteiger partial charge in [-0.3, -0.25) is 4.90 Å². The summed E-state index contributed by atoms with van der Waals surface area (Å²) < 4.78 is 5.49. The molecule has 1 aromatic carbocycles. The minimum atomic E-state index is 0.217. The fourth-order valence-corrected chi connectivity index (χ4v) is 2.75. The molecule has 0 spiro atoms. The van der Waals surface area contributed by atoms with Gasteiger partial charge in [0.25, 0.3) is 0 Å². The summed E-state index contributed by atoms with van der Waals surface area (Å²) in [6, 6.07) is 8.53. The van der Waals surface area contributed by atoms with E-state index in [1.807, 2.05) is 6.92 Å². The SMILES string of the molecule is CCOc1ccc(CC(C)(C)N2CCNCC2)cc1. The summed E-state index contributed by atoms with van der Waals surface area (Å²) in [6.07, 6.45) is 1.08. The van der Waals surface area contributed by atoms with E-state index in [9.17, 15) is 0 Å². The molecule has 0 atom stereocenters. The predicted molar refractivity (Wildman–Crippen MR) is 79.8 cm³/mol. The molecule has 1 heterocycles. The third kappa shape index (κ3) is 3.95. The second-order valence-corrected chi connectivity index (χ2v) is 5.80. The van der Waals surface area contributed by atoms with Crippen molar-refractivity contribution in [1.82, 2.24) is 10.2 Å². The third-order valence-electron chi connectivity index (χ3n) is 3.84. The van der Waals surface area contributed by atoms with Gasteiger partial charge in [0.2, 0.25) is 0 Å². The number of nitrogens with zero attached hydrogens (tertiary/aromatic N) is 1. The lowest BCUT2D eigenvalue weighted by molar-refractivity contribution is 0.103. The van der Waals surface area contributed by atoms with Gasteiger partial charge in [0.1, 0.15) is 5.75 Å². The van der Waals surface area contributed by atoms with E-state index in [1.165, 1.54) is 5.56 Å². The molecule has 0 unspecified atom stereocenters. The Morgan fingerprint density at radius 1 is 1.16 bits per heavy atom. The molecule has 0 amide bonds. The van der Waals surface area contributed by atoms with Gasteiger partial charge < -0.3 is 10.1 Å². The van der Waals surface area contributed by atoms with Gasteiger partial charge in [-0.25, -0.2) is 0 Å². The van der Waals surface area contributed by atoms with Crippen LogP contribution in [0.5, 0.6) is 5.75 Å². The lowest BCUT2D eigenvalue weighted by Crippen LogP contribution is -2.54. The maximum Gasteiger partial charge on any atom is 0.119 e. The van der Waals surface area contributed by atoms with Crippen LogP contribution in [-0.2, 0) is 6.42 Å². The smallest absolute Gasteiger partial charge is 0.119 e. The van der Waals surface area contributed by atoms with Gasteiger partial charge in [0, 0.05) is 31.7 Å². The molecule has 1 fully saturated rings. The first-order valence-corrected chi connectivity index (χ1v) is 7.29. The van der Waals surface area contributed by atoms with Crippen molar-refractivity contribution in [3.8, 4) is 5.75 Å². The molecule has 1 N–H and O–H groups in total. The summed E-state index contributed by atoms with van der Waals surface area (Å²) in [7, 11) is 0. The summed E-state index contributed by atoms with van der Waals surface area (Å²) >= 11 is 0. The van der Waals surface area contributed by atoms with Gasteiger partial charge in [0.05, 0.1) is 6.61 Å². The third-order valence-corrected chi connectivity index (χ3v) is 3.84. The number of rotatable bonds is 5. The Kier molecular flexibility index (Phi) is 4.83. The molecule has 0 bridgehead atoms. The zero-order valence-electron chi connectivity index (χ0n) is 12.4. The van der Waals surface area contributed by atoms with Crippen LogP contribution in [0, 0.1) is 0 Å². The number of piperazine rings is 1. The van der Waals surface area contributed by atoms with Crippen molar-refractivity contribution >= 4 is 0 Å². The predicted octanol–water partition coefficient (Wildman–Crippen LogP) is 2.31. The summed E-state index contributed by atoms with van der Waals surface area (Å²) in [5, 5.41) is 3.41. The highest BCUT2D eigenvalue weighted by Crippen LogP contribution is 2.22. The summed E-state index contributed by atoms with van der Waals surface area (Å²) in [4.78, 5) is 2.58. The Balaban J connectivity index is 1.98. The van der Waals surface area contributed by atoms with Crippen molar-refractivity contribution < 1.29 is 4.74 Å². The molecule has 1 aliphatic heterocycles. The van der Waals surface area contributed by atoms with Crippen molar-refractivity contribution in [3.63, 3.8) is 0 Å². The molecule has 1 saturated heterocycles. The molecular formula is C16H26N2O. The monoisotopic (exact) mass is 262 g/mol. The molecule has 1 aromatic rings. The van der Waals surface area contributed by atoms with Crippen LogP contribution in [0.15, 0.2) is 24.3 Å². The van der Waals surface area contributed by atoms with E-state index in [2.05, 4.69) is 48.3 Å². The van der Waals surface area contributed by atoms with Crippen LogP contribution in [-0.4, -0.2) is 43.2 Å². The number of nitrogens with one attached hydrogen (secondary N) is 1. The molecule has 3 nitrogen and oxygen atoms in total. The van der Waals surface area contributed by atoms with Gasteiger partial charge in [-0.1, -0.05) is 12.1 Å². The standard InChI is InChI=1S/C16H26N2O/c1-4-19-15-7-5-14(6-8-15)13-16(2,3)18-11-9-17-10-12-18/h5-8,17H,4,9-13H2,1-3H3. The van der Waals surface area contributed by atoms with Crippen molar-refractivity contribution in [1.29, 1.82) is 0 Å². The molecule has 2 rings (SSSR count). The topological polar surface area (TPSA) is 24.5 Å². The largest absolute Gasteiger partial charge is 0.494 e. The van der Waals surface area contributed by atoms with Crippen LogP contribution in [0.3, 0.4) is 0 Å². The number of hydrogen-bond acceptors (Lipinski definition) is 3. The molecule has 0 aliphatic carbocycles. The van der Waals surface area contributed by atoms with Crippen LogP contribution in [0.2, 0.25) is 0 Å². The fourth-order valence-electron chi connectivity index (χ4n) is 2.75. The first kappa shape index (κ1) is 14.4. The molecular weight excluding hydrogens is 236 g/mol. The van der Waals surface area contributed by atoms with E-state index >= 15 is 0 Å². The second-order valence-electron chi connectivity index (χ2n) is 5.80. The lowest BCUT2D eigenvalue weighted by atomic mass is 9.92. The molecule has 0 saturated carbocycles. The Bertz CT molecular complexity index is 380. The Hall–Kier alpha value is -1.06. The molecule has 1 aliphatic rings. The second kappa shape index (κ2) is 6.40. The molecule has 19 heavy (non-hydrogen) atoms. The van der Waals surface area contributed by atoms with Crippen LogP contribution < -0.4 is 10.1 Å². The fraction of sp³-hybridized carbons (Fsp3) is 0.625. The zero-order valence-corrected chi connectivity index (χ0v) is 12.4. The lowest BCUT2D eigenvalue weighted by Gasteiger charge is -2.41. The molecule has 3 heteroatoms. The number of ether oxygens (including phenoxy) is 1. The van der Waals surface area contributed by atoms with Gasteiger partial charge in [0.15, 0.2) is 0 Å². The van der Waals surface area contributed by atoms with Crippen molar-refractivity contribution in [2.75, 3.05) is 32.8 Å². The van der Waals surface area contributed by atoms with Crippen LogP contribution in [0.4, 0.5) is 0 Å². The average Bonchev–Trinajstić information content (AvgIpc) is 2.42.